The van der Waals surface area contributed by atoms with E-state index in [1.165, 1.54) is 0 Å². The Morgan fingerprint density at radius 2 is 1.73 bits per heavy atom. The number of carbonyl (C=O) groups is 3. The number of hydrogen-bond acceptors (Lipinski definition) is 8. The van der Waals surface area contributed by atoms with E-state index in [-0.39, 0.29) is 43.1 Å². The number of piperazine rings is 1. The minimum atomic E-state index is -0.843. The zero-order valence-electron chi connectivity index (χ0n) is 27.6. The smallest absolute Gasteiger partial charge is 0.334 e. The van der Waals surface area contributed by atoms with E-state index in [2.05, 4.69) is 10.2 Å². The maximum atomic E-state index is 14.4. The van der Waals surface area contributed by atoms with Gasteiger partial charge in [-0.15, -0.1) is 0 Å². The fraction of sp³-hybridized carbons (Fsp3) is 0.389. The number of benzene rings is 3. The van der Waals surface area contributed by atoms with Crippen molar-refractivity contribution in [1.29, 1.82) is 0 Å². The van der Waals surface area contributed by atoms with Gasteiger partial charge in [0.25, 0.3) is 0 Å². The molecule has 3 aliphatic rings. The molecule has 2 atom stereocenters. The van der Waals surface area contributed by atoms with Gasteiger partial charge in [-0.25, -0.2) is 14.8 Å². The zero-order valence-corrected chi connectivity index (χ0v) is 27.6. The van der Waals surface area contributed by atoms with Crippen LogP contribution in [0, 0.1) is 0 Å². The summed E-state index contributed by atoms with van der Waals surface area (Å²) in [6, 6.07) is 21.2. The molecule has 0 saturated carbocycles. The SMILES string of the molecule is CN1CC(=O)N2[C@@H](Cc3ccc(O)cc3)C(=O)N(Cc3cccc4c3cnn4CCN3CCOCC3)C[C@@H]2N1C(=O)NCc1ccccc1. The van der Waals surface area contributed by atoms with E-state index in [0.717, 1.165) is 67.0 Å². The third-order valence-electron chi connectivity index (χ3n) is 9.67. The van der Waals surface area contributed by atoms with E-state index in [9.17, 15) is 19.5 Å². The van der Waals surface area contributed by atoms with Crippen LogP contribution in [0.15, 0.2) is 79.0 Å². The van der Waals surface area contributed by atoms with E-state index in [1.807, 2.05) is 59.4 Å². The predicted molar refractivity (Wildman–Crippen MR) is 182 cm³/mol. The molecule has 4 heterocycles. The van der Waals surface area contributed by atoms with Gasteiger partial charge in [-0.3, -0.25) is 19.2 Å². The molecular weight excluding hydrogens is 624 g/mol. The van der Waals surface area contributed by atoms with Crippen LogP contribution < -0.4 is 5.32 Å². The summed E-state index contributed by atoms with van der Waals surface area (Å²) in [5, 5.41) is 21.8. The standard InChI is InChI=1S/C36H42N8O5/c1-39-25-34(46)43-32(20-26-10-12-29(45)13-11-26)35(47)41(24-33(43)44(39)36(48)37-21-27-6-3-2-4-7-27)23-28-8-5-9-31-30(28)22-38-42(31)15-14-40-16-18-49-19-17-40/h2-13,22,32-33,45H,14-21,23-25H2,1H3,(H,37,48)/t32-,33-/m0/s1. The van der Waals surface area contributed by atoms with Crippen molar-refractivity contribution in [2.24, 2.45) is 0 Å². The van der Waals surface area contributed by atoms with Gasteiger partial charge in [0, 0.05) is 51.6 Å². The van der Waals surface area contributed by atoms with Crippen LogP contribution in [0.3, 0.4) is 0 Å². The molecule has 13 heteroatoms. The van der Waals surface area contributed by atoms with Crippen LogP contribution in [0.4, 0.5) is 4.79 Å². The Morgan fingerprint density at radius 3 is 2.51 bits per heavy atom. The molecule has 3 saturated heterocycles. The van der Waals surface area contributed by atoms with Crippen molar-refractivity contribution in [2.75, 3.05) is 53.0 Å². The van der Waals surface area contributed by atoms with Gasteiger partial charge in [0.05, 0.1) is 44.6 Å². The number of amides is 4. The minimum Gasteiger partial charge on any atom is -0.508 e. The van der Waals surface area contributed by atoms with Gasteiger partial charge in [0.1, 0.15) is 18.0 Å². The largest absolute Gasteiger partial charge is 0.508 e. The lowest BCUT2D eigenvalue weighted by atomic mass is 9.98. The summed E-state index contributed by atoms with van der Waals surface area (Å²) in [5.74, 6) is -0.294. The van der Waals surface area contributed by atoms with Gasteiger partial charge in [0.15, 0.2) is 0 Å². The highest BCUT2D eigenvalue weighted by molar-refractivity contribution is 5.92. The lowest BCUT2D eigenvalue weighted by molar-refractivity contribution is -0.187. The molecule has 4 aromatic rings. The number of urea groups is 1. The number of fused-ring (bicyclic) bond motifs is 2. The molecule has 0 unspecified atom stereocenters. The second-order valence-corrected chi connectivity index (χ2v) is 12.9. The van der Waals surface area contributed by atoms with Gasteiger partial charge < -0.3 is 25.0 Å². The molecule has 4 amide bonds. The topological polar surface area (TPSA) is 127 Å². The number of aromatic nitrogens is 2. The molecule has 7 rings (SSSR count). The normalized spacial score (nSPS) is 20.6. The first-order valence-corrected chi connectivity index (χ1v) is 16.8. The lowest BCUT2D eigenvalue weighted by Crippen LogP contribution is -2.76. The number of hydrogen-bond donors (Lipinski definition) is 2. The number of nitrogens with one attached hydrogen (secondary N) is 1. The molecule has 3 aliphatic heterocycles. The lowest BCUT2D eigenvalue weighted by Gasteiger charge is -2.54. The van der Waals surface area contributed by atoms with Crippen LogP contribution in [0.5, 0.6) is 5.75 Å². The van der Waals surface area contributed by atoms with Crippen molar-refractivity contribution in [3.05, 3.63) is 95.7 Å². The Balaban J connectivity index is 1.17. The van der Waals surface area contributed by atoms with E-state index in [4.69, 9.17) is 9.84 Å². The minimum absolute atomic E-state index is 0.0441. The van der Waals surface area contributed by atoms with Gasteiger partial charge in [0.2, 0.25) is 11.8 Å². The van der Waals surface area contributed by atoms with E-state index in [1.54, 1.807) is 51.1 Å². The maximum Gasteiger partial charge on any atom is 0.334 e. The Kier molecular flexibility index (Phi) is 9.47. The van der Waals surface area contributed by atoms with Crippen LogP contribution in [0.2, 0.25) is 0 Å². The fourth-order valence-electron chi connectivity index (χ4n) is 7.10. The second-order valence-electron chi connectivity index (χ2n) is 12.9. The van der Waals surface area contributed by atoms with Crippen LogP contribution in [-0.4, -0.2) is 123 Å². The summed E-state index contributed by atoms with van der Waals surface area (Å²) in [5.41, 5.74) is 3.68. The third kappa shape index (κ3) is 6.95. The molecule has 49 heavy (non-hydrogen) atoms. The average molecular weight is 667 g/mol. The Hall–Kier alpha value is -4.98. The van der Waals surface area contributed by atoms with Gasteiger partial charge in [-0.1, -0.05) is 54.6 Å². The van der Waals surface area contributed by atoms with Crippen LogP contribution >= 0.6 is 0 Å². The number of phenols is 1. The van der Waals surface area contributed by atoms with E-state index < -0.39 is 12.2 Å². The molecule has 1 aromatic heterocycles. The van der Waals surface area contributed by atoms with E-state index in [0.29, 0.717) is 13.1 Å². The fourth-order valence-corrected chi connectivity index (χ4v) is 7.10. The monoisotopic (exact) mass is 666 g/mol. The van der Waals surface area contributed by atoms with Gasteiger partial charge in [-0.2, -0.15) is 5.10 Å². The quantitative estimate of drug-likeness (QED) is 0.279. The molecule has 2 N–H and O–H groups in total. The first-order chi connectivity index (χ1) is 23.9. The molecular formula is C36H42N8O5. The average Bonchev–Trinajstić information content (AvgIpc) is 3.54. The molecule has 0 spiro atoms. The van der Waals surface area contributed by atoms with Crippen molar-refractivity contribution in [3.63, 3.8) is 0 Å². The number of hydrazine groups is 1. The van der Waals surface area contributed by atoms with Crippen LogP contribution in [-0.2, 0) is 40.4 Å². The molecule has 3 fully saturated rings. The number of ether oxygens (including phenoxy) is 1. The number of aromatic hydroxyl groups is 1. The van der Waals surface area contributed by atoms with Gasteiger partial charge >= 0.3 is 6.03 Å². The Bertz CT molecular complexity index is 1790. The van der Waals surface area contributed by atoms with Crippen molar-refractivity contribution < 1.29 is 24.2 Å². The number of morpholine rings is 1. The number of rotatable bonds is 9. The van der Waals surface area contributed by atoms with Gasteiger partial charge in [-0.05, 0) is 34.9 Å². The summed E-state index contributed by atoms with van der Waals surface area (Å²) < 4.78 is 7.50. The highest BCUT2D eigenvalue weighted by Gasteiger charge is 2.50. The molecule has 256 valence electrons. The summed E-state index contributed by atoms with van der Waals surface area (Å²) in [6.45, 7) is 5.62. The van der Waals surface area contributed by atoms with Crippen LogP contribution in [0.1, 0.15) is 16.7 Å². The Labute approximate surface area is 285 Å². The van der Waals surface area contributed by atoms with Crippen molar-refractivity contribution in [1.82, 2.24) is 39.8 Å². The zero-order chi connectivity index (χ0) is 33.9. The van der Waals surface area contributed by atoms with E-state index >= 15 is 0 Å². The second kappa shape index (κ2) is 14.2. The summed E-state index contributed by atoms with van der Waals surface area (Å²) >= 11 is 0. The molecule has 0 bridgehead atoms. The predicted octanol–water partition coefficient (Wildman–Crippen LogP) is 2.25. The van der Waals surface area contributed by atoms with Crippen LogP contribution in [0.25, 0.3) is 10.9 Å². The summed E-state index contributed by atoms with van der Waals surface area (Å²) in [4.78, 5) is 47.6. The number of nitrogens with zero attached hydrogens (tertiary/aromatic N) is 7. The molecule has 0 aliphatic carbocycles. The Morgan fingerprint density at radius 1 is 0.959 bits per heavy atom. The molecule has 0 radical (unpaired) electrons. The maximum absolute atomic E-state index is 14.4. The molecule has 3 aromatic carbocycles. The third-order valence-corrected chi connectivity index (χ3v) is 9.67. The summed E-state index contributed by atoms with van der Waals surface area (Å²) in [7, 11) is 1.72. The number of phenolic OH excluding ortho intramolecular Hbond substituents is 1. The highest BCUT2D eigenvalue weighted by Crippen LogP contribution is 2.30. The number of likely N-dealkylation sites (N-methyl/N-ethyl adjacent to an activating group) is 1. The highest BCUT2D eigenvalue weighted by atomic mass is 16.5. The van der Waals surface area contributed by atoms with Crippen molar-refractivity contribution in [3.8, 4) is 5.75 Å². The first kappa shape index (κ1) is 32.6. The molecule has 13 nitrogen and oxygen atoms in total. The first-order valence-electron chi connectivity index (χ1n) is 16.8. The summed E-state index contributed by atoms with van der Waals surface area (Å²) in [6.07, 6.45) is 1.38. The van der Waals surface area contributed by atoms with Crippen molar-refractivity contribution >= 4 is 28.7 Å². The van der Waals surface area contributed by atoms with Crippen molar-refractivity contribution in [2.45, 2.75) is 38.3 Å². The number of carbonyl (C=O) groups excluding carboxylic acids is 3.